The molecule has 1 aliphatic rings. The van der Waals surface area contributed by atoms with Gasteiger partial charge in [0.15, 0.2) is 0 Å². The highest BCUT2D eigenvalue weighted by atomic mass is 16.5. The Hall–Kier alpha value is -3.06. The first-order valence-electron chi connectivity index (χ1n) is 11.9. The Morgan fingerprint density at radius 3 is 2.61 bits per heavy atom. The van der Waals surface area contributed by atoms with E-state index in [1.165, 1.54) is 0 Å². The fraction of sp³-hybridized carbons (Fsp3) is 0.462. The fourth-order valence-electron chi connectivity index (χ4n) is 3.83. The van der Waals surface area contributed by atoms with Gasteiger partial charge in [0.1, 0.15) is 12.4 Å². The molecule has 2 aromatic carbocycles. The number of nitrogens with one attached hydrogen (secondary N) is 2. The number of hydrogen-bond donors (Lipinski definition) is 2. The quantitative estimate of drug-likeness (QED) is 0.493. The minimum Gasteiger partial charge on any atom is -0.489 e. The Kier molecular flexibility index (Phi) is 9.57. The molecule has 0 bridgehead atoms. The van der Waals surface area contributed by atoms with Crippen LogP contribution in [0.2, 0.25) is 0 Å². The van der Waals surface area contributed by atoms with Gasteiger partial charge in [-0.25, -0.2) is 0 Å². The van der Waals surface area contributed by atoms with Crippen LogP contribution < -0.4 is 15.4 Å². The zero-order chi connectivity index (χ0) is 23.5. The van der Waals surface area contributed by atoms with Crippen LogP contribution in [-0.4, -0.2) is 55.7 Å². The van der Waals surface area contributed by atoms with Crippen LogP contribution in [0.3, 0.4) is 0 Å². The minimum atomic E-state index is -0.196. The lowest BCUT2D eigenvalue weighted by molar-refractivity contribution is -0.114. The number of carbonyl (C=O) groups is 2. The van der Waals surface area contributed by atoms with Gasteiger partial charge in [-0.15, -0.1) is 0 Å². The second kappa shape index (κ2) is 12.8. The number of ether oxygens (including phenoxy) is 2. The minimum absolute atomic E-state index is 0.0177. The van der Waals surface area contributed by atoms with E-state index in [4.69, 9.17) is 9.47 Å². The summed E-state index contributed by atoms with van der Waals surface area (Å²) in [5.41, 5.74) is 1.98. The van der Waals surface area contributed by atoms with Crippen molar-refractivity contribution in [3.63, 3.8) is 0 Å². The summed E-state index contributed by atoms with van der Waals surface area (Å²) in [6.07, 6.45) is 4.00. The number of nitrogens with zero attached hydrogens (tertiary/aromatic N) is 1. The number of amides is 2. The van der Waals surface area contributed by atoms with Gasteiger partial charge in [-0.1, -0.05) is 32.0 Å². The van der Waals surface area contributed by atoms with Crippen molar-refractivity contribution >= 4 is 23.2 Å². The molecule has 2 aromatic rings. The van der Waals surface area contributed by atoms with Crippen LogP contribution >= 0.6 is 0 Å². The number of rotatable bonds is 12. The van der Waals surface area contributed by atoms with Gasteiger partial charge in [0.2, 0.25) is 5.91 Å². The van der Waals surface area contributed by atoms with Crippen LogP contribution in [0.25, 0.3) is 0 Å². The van der Waals surface area contributed by atoms with Crippen molar-refractivity contribution < 1.29 is 19.1 Å². The molecule has 1 atom stereocenters. The zero-order valence-electron chi connectivity index (χ0n) is 19.6. The Labute approximate surface area is 196 Å². The average Bonchev–Trinajstić information content (AvgIpc) is 3.35. The molecule has 2 N–H and O–H groups in total. The highest BCUT2D eigenvalue weighted by molar-refractivity contribution is 5.96. The first-order valence-corrected chi connectivity index (χ1v) is 11.9. The molecule has 1 aliphatic heterocycles. The predicted molar refractivity (Wildman–Crippen MR) is 131 cm³/mol. The van der Waals surface area contributed by atoms with Crippen LogP contribution in [-0.2, 0) is 9.53 Å². The molecule has 2 amide bonds. The molecule has 3 rings (SSSR count). The number of anilines is 2. The van der Waals surface area contributed by atoms with E-state index in [0.717, 1.165) is 51.1 Å². The number of hydrogen-bond acceptors (Lipinski definition) is 5. The van der Waals surface area contributed by atoms with Gasteiger partial charge in [0.25, 0.3) is 5.91 Å². The number of benzene rings is 2. The van der Waals surface area contributed by atoms with Gasteiger partial charge in [-0.2, -0.15) is 0 Å². The van der Waals surface area contributed by atoms with Gasteiger partial charge in [0, 0.05) is 30.9 Å². The second-order valence-corrected chi connectivity index (χ2v) is 8.22. The van der Waals surface area contributed by atoms with Crippen molar-refractivity contribution in [1.29, 1.82) is 0 Å². The highest BCUT2D eigenvalue weighted by Gasteiger charge is 2.17. The smallest absolute Gasteiger partial charge is 0.253 e. The monoisotopic (exact) mass is 453 g/mol. The lowest BCUT2D eigenvalue weighted by atomic mass is 10.1. The predicted octanol–water partition coefficient (Wildman–Crippen LogP) is 4.56. The normalized spacial score (nSPS) is 15.2. The largest absolute Gasteiger partial charge is 0.489 e. The third kappa shape index (κ3) is 7.49. The summed E-state index contributed by atoms with van der Waals surface area (Å²) >= 11 is 0. The van der Waals surface area contributed by atoms with Crippen molar-refractivity contribution in [1.82, 2.24) is 4.90 Å². The molecule has 0 saturated carbocycles. The van der Waals surface area contributed by atoms with Crippen molar-refractivity contribution in [3.8, 4) is 5.75 Å². The third-order valence-electron chi connectivity index (χ3n) is 5.45. The van der Waals surface area contributed by atoms with E-state index in [9.17, 15) is 9.59 Å². The Balaban J connectivity index is 1.55. The summed E-state index contributed by atoms with van der Waals surface area (Å²) < 4.78 is 11.5. The van der Waals surface area contributed by atoms with E-state index in [2.05, 4.69) is 24.5 Å². The second-order valence-electron chi connectivity index (χ2n) is 8.22. The molecule has 1 fully saturated rings. The molecule has 1 unspecified atom stereocenters. The van der Waals surface area contributed by atoms with Crippen molar-refractivity contribution in [2.24, 2.45) is 0 Å². The molecule has 0 aromatic heterocycles. The molecule has 0 spiro atoms. The molecule has 178 valence electrons. The molecule has 1 heterocycles. The van der Waals surface area contributed by atoms with E-state index in [1.54, 1.807) is 6.07 Å². The lowest BCUT2D eigenvalue weighted by Gasteiger charge is -2.21. The van der Waals surface area contributed by atoms with E-state index in [1.807, 2.05) is 47.4 Å². The van der Waals surface area contributed by atoms with Crippen molar-refractivity contribution in [2.45, 2.75) is 45.6 Å². The van der Waals surface area contributed by atoms with E-state index in [0.29, 0.717) is 23.6 Å². The summed E-state index contributed by atoms with van der Waals surface area (Å²) in [7, 11) is 0. The zero-order valence-corrected chi connectivity index (χ0v) is 19.6. The maximum atomic E-state index is 12.8. The molecule has 1 saturated heterocycles. The molecule has 7 nitrogen and oxygen atoms in total. The Morgan fingerprint density at radius 1 is 1.09 bits per heavy atom. The lowest BCUT2D eigenvalue weighted by Crippen LogP contribution is -2.32. The molecule has 0 radical (unpaired) electrons. The standard InChI is InChI=1S/C26H35N3O4/c1-3-14-29(15-4-2)26(31)20-9-7-10-21(17-20)27-18-25(30)28-23-12-5-6-13-24(23)33-19-22-11-8-16-32-22/h5-7,9-10,12-13,17,22,27H,3-4,8,11,14-16,18-19H2,1-2H3,(H,28,30). The van der Waals surface area contributed by atoms with Gasteiger partial charge >= 0.3 is 0 Å². The summed E-state index contributed by atoms with van der Waals surface area (Å²) in [6, 6.07) is 14.7. The van der Waals surface area contributed by atoms with Crippen molar-refractivity contribution in [3.05, 3.63) is 54.1 Å². The highest BCUT2D eigenvalue weighted by Crippen LogP contribution is 2.25. The third-order valence-corrected chi connectivity index (χ3v) is 5.45. The Morgan fingerprint density at radius 2 is 1.88 bits per heavy atom. The Bertz CT molecular complexity index is 906. The molecule has 0 aliphatic carbocycles. The van der Waals surface area contributed by atoms with Crippen LogP contribution in [0.5, 0.6) is 5.75 Å². The number of carbonyl (C=O) groups excluding carboxylic acids is 2. The topological polar surface area (TPSA) is 79.9 Å². The van der Waals surface area contributed by atoms with E-state index >= 15 is 0 Å². The van der Waals surface area contributed by atoms with E-state index in [-0.39, 0.29) is 24.5 Å². The summed E-state index contributed by atoms with van der Waals surface area (Å²) in [5, 5.41) is 6.02. The van der Waals surface area contributed by atoms with Gasteiger partial charge in [-0.05, 0) is 56.0 Å². The summed E-state index contributed by atoms with van der Waals surface area (Å²) in [5.74, 6) is 0.448. The number of para-hydroxylation sites is 2. The molecular formula is C26H35N3O4. The van der Waals surface area contributed by atoms with Gasteiger partial charge < -0.3 is 25.0 Å². The molecule has 33 heavy (non-hydrogen) atoms. The SMILES string of the molecule is CCCN(CCC)C(=O)c1cccc(NCC(=O)Nc2ccccc2OCC2CCCO2)c1. The first kappa shape index (κ1) is 24.6. The molecular weight excluding hydrogens is 418 g/mol. The van der Waals surface area contributed by atoms with Crippen LogP contribution in [0.1, 0.15) is 49.9 Å². The van der Waals surface area contributed by atoms with E-state index < -0.39 is 0 Å². The maximum absolute atomic E-state index is 12.8. The summed E-state index contributed by atoms with van der Waals surface area (Å²) in [6.45, 7) is 6.93. The van der Waals surface area contributed by atoms with Crippen molar-refractivity contribution in [2.75, 3.05) is 43.5 Å². The fourth-order valence-corrected chi connectivity index (χ4v) is 3.83. The van der Waals surface area contributed by atoms with Crippen LogP contribution in [0, 0.1) is 0 Å². The molecule has 7 heteroatoms. The average molecular weight is 454 g/mol. The van der Waals surface area contributed by atoms with Gasteiger partial charge in [0.05, 0.1) is 18.3 Å². The summed E-state index contributed by atoms with van der Waals surface area (Å²) in [4.78, 5) is 27.3. The van der Waals surface area contributed by atoms with Crippen LogP contribution in [0.15, 0.2) is 48.5 Å². The first-order chi connectivity index (χ1) is 16.1. The van der Waals surface area contributed by atoms with Gasteiger partial charge in [-0.3, -0.25) is 9.59 Å². The maximum Gasteiger partial charge on any atom is 0.253 e. The van der Waals surface area contributed by atoms with Crippen LogP contribution in [0.4, 0.5) is 11.4 Å².